The number of aromatic nitrogens is 1. The molecule has 8 heteroatoms. The molecule has 0 saturated heterocycles. The molecule has 2 aromatic heterocycles. The normalized spacial score (nSPS) is 11.6. The largest absolute Gasteiger partial charge is 0.325 e. The van der Waals surface area contributed by atoms with Gasteiger partial charge in [0.2, 0.25) is 5.91 Å². The molecule has 2 heterocycles. The van der Waals surface area contributed by atoms with Crippen LogP contribution >= 0.6 is 22.7 Å². The molecule has 2 aromatic carbocycles. The van der Waals surface area contributed by atoms with E-state index in [1.807, 2.05) is 53.9 Å². The number of hydrogen-bond acceptors (Lipinski definition) is 6. The molecule has 154 valence electrons. The number of carbonyl (C=O) groups excluding carboxylic acids is 2. The maximum atomic E-state index is 12.9. The molecule has 0 unspecified atom stereocenters. The number of anilines is 1. The summed E-state index contributed by atoms with van der Waals surface area (Å²) < 4.78 is 0. The molecule has 0 aliphatic heterocycles. The molecular formula is C23H18N4O2S2. The van der Waals surface area contributed by atoms with E-state index in [2.05, 4.69) is 16.4 Å². The molecule has 1 atom stereocenters. The van der Waals surface area contributed by atoms with Crippen LogP contribution in [-0.2, 0) is 11.2 Å². The molecule has 2 amide bonds. The average Bonchev–Trinajstić information content (AvgIpc) is 3.47. The van der Waals surface area contributed by atoms with Crippen molar-refractivity contribution in [2.45, 2.75) is 12.5 Å². The quantitative estimate of drug-likeness (QED) is 0.458. The van der Waals surface area contributed by atoms with E-state index in [9.17, 15) is 14.9 Å². The Bertz CT molecular complexity index is 1270. The van der Waals surface area contributed by atoms with Crippen molar-refractivity contribution < 1.29 is 9.59 Å². The zero-order valence-electron chi connectivity index (χ0n) is 16.6. The van der Waals surface area contributed by atoms with E-state index >= 15 is 0 Å². The van der Waals surface area contributed by atoms with E-state index in [-0.39, 0.29) is 18.2 Å². The molecule has 4 aromatic rings. The SMILES string of the molecule is CN(C(=O)Cc1csc(NC(=O)c2cccs2)n1)[C@H](C#N)c1cccc2ccccc12. The fraction of sp³-hybridized carbons (Fsp3) is 0.130. The Hall–Kier alpha value is -3.54. The van der Waals surface area contributed by atoms with Crippen LogP contribution in [0.2, 0.25) is 0 Å². The Morgan fingerprint density at radius 2 is 1.94 bits per heavy atom. The topological polar surface area (TPSA) is 86.1 Å². The lowest BCUT2D eigenvalue weighted by atomic mass is 9.98. The lowest BCUT2D eigenvalue weighted by molar-refractivity contribution is -0.130. The number of nitriles is 1. The number of hydrogen-bond donors (Lipinski definition) is 1. The lowest BCUT2D eigenvalue weighted by Crippen LogP contribution is -2.32. The molecule has 0 radical (unpaired) electrons. The molecular weight excluding hydrogens is 428 g/mol. The molecule has 0 saturated carbocycles. The van der Waals surface area contributed by atoms with Gasteiger partial charge in [0, 0.05) is 12.4 Å². The highest BCUT2D eigenvalue weighted by molar-refractivity contribution is 7.14. The highest BCUT2D eigenvalue weighted by atomic mass is 32.1. The summed E-state index contributed by atoms with van der Waals surface area (Å²) in [6.07, 6.45) is 0.0464. The van der Waals surface area contributed by atoms with Gasteiger partial charge in [-0.3, -0.25) is 14.9 Å². The van der Waals surface area contributed by atoms with Crippen molar-refractivity contribution in [2.75, 3.05) is 12.4 Å². The Kier molecular flexibility index (Phi) is 6.07. The van der Waals surface area contributed by atoms with Crippen LogP contribution in [0.3, 0.4) is 0 Å². The number of thiophene rings is 1. The number of nitrogens with zero attached hydrogens (tertiary/aromatic N) is 3. The van der Waals surface area contributed by atoms with Gasteiger partial charge < -0.3 is 4.90 Å². The Balaban J connectivity index is 1.47. The Morgan fingerprint density at radius 1 is 1.13 bits per heavy atom. The van der Waals surface area contributed by atoms with Crippen LogP contribution in [0.5, 0.6) is 0 Å². The number of fused-ring (bicyclic) bond motifs is 1. The number of likely N-dealkylation sites (N-methyl/N-ethyl adjacent to an activating group) is 1. The molecule has 0 aliphatic carbocycles. The van der Waals surface area contributed by atoms with Crippen LogP contribution in [0.1, 0.15) is 27.0 Å². The van der Waals surface area contributed by atoms with Crippen LogP contribution in [0.25, 0.3) is 10.8 Å². The minimum Gasteiger partial charge on any atom is -0.325 e. The first-order valence-corrected chi connectivity index (χ1v) is 11.2. The smallest absolute Gasteiger partial charge is 0.267 e. The summed E-state index contributed by atoms with van der Waals surface area (Å²) in [5.74, 6) is -0.444. The van der Waals surface area contributed by atoms with Gasteiger partial charge in [-0.1, -0.05) is 48.5 Å². The Morgan fingerprint density at radius 3 is 2.71 bits per heavy atom. The van der Waals surface area contributed by atoms with Gasteiger partial charge >= 0.3 is 0 Å². The third kappa shape index (κ3) is 4.48. The van der Waals surface area contributed by atoms with Gasteiger partial charge in [-0.25, -0.2) is 4.98 Å². The minimum atomic E-state index is -0.713. The van der Waals surface area contributed by atoms with E-state index in [4.69, 9.17) is 0 Å². The zero-order chi connectivity index (χ0) is 21.8. The predicted octanol–water partition coefficient (Wildman–Crippen LogP) is 4.88. The number of thiazole rings is 1. The second-order valence-corrected chi connectivity index (χ2v) is 8.66. The van der Waals surface area contributed by atoms with E-state index in [0.29, 0.717) is 15.7 Å². The van der Waals surface area contributed by atoms with Gasteiger partial charge in [0.25, 0.3) is 5.91 Å². The summed E-state index contributed by atoms with van der Waals surface area (Å²) in [7, 11) is 1.63. The number of rotatable bonds is 6. The fourth-order valence-electron chi connectivity index (χ4n) is 3.29. The summed E-state index contributed by atoms with van der Waals surface area (Å²) in [5, 5.41) is 18.5. The summed E-state index contributed by atoms with van der Waals surface area (Å²) in [5.41, 5.74) is 1.34. The molecule has 0 bridgehead atoms. The van der Waals surface area contributed by atoms with Gasteiger partial charge in [0.15, 0.2) is 5.13 Å². The number of benzene rings is 2. The summed E-state index contributed by atoms with van der Waals surface area (Å²) >= 11 is 2.62. The summed E-state index contributed by atoms with van der Waals surface area (Å²) in [4.78, 5) is 31.5. The van der Waals surface area contributed by atoms with E-state index < -0.39 is 6.04 Å². The van der Waals surface area contributed by atoms with Crippen LogP contribution in [0.15, 0.2) is 65.4 Å². The summed E-state index contributed by atoms with van der Waals surface area (Å²) in [6, 6.07) is 18.6. The third-order valence-electron chi connectivity index (χ3n) is 4.87. The number of amides is 2. The number of nitrogens with one attached hydrogen (secondary N) is 1. The predicted molar refractivity (Wildman–Crippen MR) is 123 cm³/mol. The van der Waals surface area contributed by atoms with Crippen LogP contribution < -0.4 is 5.32 Å². The van der Waals surface area contributed by atoms with Crippen LogP contribution in [0, 0.1) is 11.3 Å². The molecule has 31 heavy (non-hydrogen) atoms. The fourth-order valence-corrected chi connectivity index (χ4v) is 4.61. The standard InChI is InChI=1S/C23H18N4O2S2/c1-27(19(13-24)18-9-4-7-15-6-2-3-8-17(15)18)21(28)12-16-14-31-23(25-16)26-22(29)20-10-5-11-30-20/h2-11,14,19H,12H2,1H3,(H,25,26,29)/t19-/m1/s1. The van der Waals surface area contributed by atoms with Crippen molar-refractivity contribution in [3.63, 3.8) is 0 Å². The van der Waals surface area contributed by atoms with Crippen molar-refractivity contribution in [1.29, 1.82) is 5.26 Å². The number of carbonyl (C=O) groups is 2. The maximum absolute atomic E-state index is 12.9. The lowest BCUT2D eigenvalue weighted by Gasteiger charge is -2.24. The monoisotopic (exact) mass is 446 g/mol. The molecule has 6 nitrogen and oxygen atoms in total. The van der Waals surface area contributed by atoms with E-state index in [1.165, 1.54) is 27.6 Å². The van der Waals surface area contributed by atoms with Crippen LogP contribution in [-0.4, -0.2) is 28.7 Å². The second kappa shape index (κ2) is 9.08. The average molecular weight is 447 g/mol. The highest BCUT2D eigenvalue weighted by Crippen LogP contribution is 2.28. The first-order valence-electron chi connectivity index (χ1n) is 9.49. The first kappa shape index (κ1) is 20.7. The van der Waals surface area contributed by atoms with Crippen molar-refractivity contribution in [3.8, 4) is 6.07 Å². The first-order chi connectivity index (χ1) is 15.1. The molecule has 0 spiro atoms. The molecule has 4 rings (SSSR count). The van der Waals surface area contributed by atoms with E-state index in [0.717, 1.165) is 16.3 Å². The maximum Gasteiger partial charge on any atom is 0.267 e. The Labute approximate surface area is 187 Å². The van der Waals surface area contributed by atoms with Crippen molar-refractivity contribution >= 4 is 50.4 Å². The zero-order valence-corrected chi connectivity index (χ0v) is 18.2. The van der Waals surface area contributed by atoms with Gasteiger partial charge in [-0.2, -0.15) is 5.26 Å². The van der Waals surface area contributed by atoms with E-state index in [1.54, 1.807) is 18.5 Å². The third-order valence-corrected chi connectivity index (χ3v) is 6.55. The second-order valence-electron chi connectivity index (χ2n) is 6.86. The van der Waals surface area contributed by atoms with Gasteiger partial charge in [-0.15, -0.1) is 22.7 Å². The van der Waals surface area contributed by atoms with Gasteiger partial charge in [-0.05, 0) is 27.8 Å². The minimum absolute atomic E-state index is 0.0464. The van der Waals surface area contributed by atoms with Crippen LogP contribution in [0.4, 0.5) is 5.13 Å². The molecule has 0 aliphatic rings. The van der Waals surface area contributed by atoms with Crippen molar-refractivity contribution in [1.82, 2.24) is 9.88 Å². The van der Waals surface area contributed by atoms with Crippen molar-refractivity contribution in [3.05, 3.63) is 81.5 Å². The summed E-state index contributed by atoms with van der Waals surface area (Å²) in [6.45, 7) is 0. The van der Waals surface area contributed by atoms with Gasteiger partial charge in [0.1, 0.15) is 6.04 Å². The molecule has 0 fully saturated rings. The van der Waals surface area contributed by atoms with Crippen molar-refractivity contribution in [2.24, 2.45) is 0 Å². The highest BCUT2D eigenvalue weighted by Gasteiger charge is 2.24. The molecule has 1 N–H and O–H groups in total. The van der Waals surface area contributed by atoms with Gasteiger partial charge in [0.05, 0.1) is 23.1 Å².